The molecule has 160 valence electrons. The number of hydrogen-bond acceptors (Lipinski definition) is 4. The van der Waals surface area contributed by atoms with E-state index in [1.807, 2.05) is 13.0 Å². The van der Waals surface area contributed by atoms with Crippen molar-refractivity contribution in [3.63, 3.8) is 0 Å². The van der Waals surface area contributed by atoms with E-state index in [0.717, 1.165) is 44.0 Å². The fourth-order valence-electron chi connectivity index (χ4n) is 3.86. The summed E-state index contributed by atoms with van der Waals surface area (Å²) in [5.41, 5.74) is 2.27. The molecule has 1 aliphatic rings. The smallest absolute Gasteiger partial charge is 0.269 e. The highest BCUT2D eigenvalue weighted by atomic mass is 16.6. The third kappa shape index (κ3) is 6.29. The number of nitro groups is 1. The van der Waals surface area contributed by atoms with Crippen LogP contribution >= 0.6 is 0 Å². The molecule has 2 aromatic rings. The fourth-order valence-corrected chi connectivity index (χ4v) is 3.86. The van der Waals surface area contributed by atoms with Crippen LogP contribution in [0.15, 0.2) is 59.6 Å². The van der Waals surface area contributed by atoms with Crippen LogP contribution in [-0.2, 0) is 13.1 Å². The van der Waals surface area contributed by atoms with Gasteiger partial charge < -0.3 is 10.6 Å². The number of likely N-dealkylation sites (tertiary alicyclic amines) is 1. The Morgan fingerprint density at radius 1 is 1.20 bits per heavy atom. The molecule has 7 nitrogen and oxygen atoms in total. The van der Waals surface area contributed by atoms with Crippen molar-refractivity contribution in [2.45, 2.75) is 51.9 Å². The van der Waals surface area contributed by atoms with Crippen molar-refractivity contribution in [3.8, 4) is 0 Å². The number of nitrogens with zero attached hydrogens (tertiary/aromatic N) is 3. The minimum Gasteiger partial charge on any atom is -0.357 e. The summed E-state index contributed by atoms with van der Waals surface area (Å²) in [6, 6.07) is 18.1. The van der Waals surface area contributed by atoms with Crippen LogP contribution < -0.4 is 10.6 Å². The molecule has 7 heteroatoms. The summed E-state index contributed by atoms with van der Waals surface area (Å²) in [6.45, 7) is 7.51. The summed E-state index contributed by atoms with van der Waals surface area (Å²) in [7, 11) is 0. The highest BCUT2D eigenvalue weighted by molar-refractivity contribution is 5.80. The number of aliphatic imine (C=N–C) groups is 1. The second-order valence-electron chi connectivity index (χ2n) is 7.79. The van der Waals surface area contributed by atoms with E-state index in [4.69, 9.17) is 0 Å². The number of rotatable bonds is 7. The number of guanidine groups is 1. The number of nitro benzene ring substituents is 1. The number of non-ortho nitro benzene ring substituents is 1. The number of benzene rings is 2. The molecule has 2 unspecified atom stereocenters. The lowest BCUT2D eigenvalue weighted by atomic mass is 9.97. The molecule has 30 heavy (non-hydrogen) atoms. The Balaban J connectivity index is 1.57. The van der Waals surface area contributed by atoms with E-state index < -0.39 is 0 Å². The summed E-state index contributed by atoms with van der Waals surface area (Å²) in [5, 5.41) is 17.8. The lowest BCUT2D eigenvalue weighted by molar-refractivity contribution is -0.384. The molecule has 2 N–H and O–H groups in total. The van der Waals surface area contributed by atoms with Crippen LogP contribution in [0.4, 0.5) is 5.69 Å². The van der Waals surface area contributed by atoms with E-state index in [0.29, 0.717) is 18.6 Å². The van der Waals surface area contributed by atoms with Crippen LogP contribution in [0, 0.1) is 10.1 Å². The Labute approximate surface area is 178 Å². The summed E-state index contributed by atoms with van der Waals surface area (Å²) < 4.78 is 0. The fraction of sp³-hybridized carbons (Fsp3) is 0.435. The van der Waals surface area contributed by atoms with E-state index in [-0.39, 0.29) is 10.6 Å². The Kier molecular flexibility index (Phi) is 7.79. The van der Waals surface area contributed by atoms with Gasteiger partial charge in [-0.15, -0.1) is 0 Å². The van der Waals surface area contributed by atoms with Gasteiger partial charge in [-0.05, 0) is 37.8 Å². The molecule has 0 aliphatic carbocycles. The predicted molar refractivity (Wildman–Crippen MR) is 120 cm³/mol. The molecule has 1 fully saturated rings. The van der Waals surface area contributed by atoms with Crippen LogP contribution in [0.3, 0.4) is 0 Å². The maximum atomic E-state index is 11.0. The van der Waals surface area contributed by atoms with Crippen molar-refractivity contribution >= 4 is 11.6 Å². The van der Waals surface area contributed by atoms with Gasteiger partial charge in [0.1, 0.15) is 0 Å². The Bertz CT molecular complexity index is 856. The highest BCUT2D eigenvalue weighted by Gasteiger charge is 2.26. The molecule has 0 saturated carbocycles. The third-order valence-corrected chi connectivity index (χ3v) is 5.47. The Hall–Kier alpha value is -2.93. The minimum absolute atomic E-state index is 0.0975. The van der Waals surface area contributed by atoms with Crippen LogP contribution in [0.25, 0.3) is 0 Å². The van der Waals surface area contributed by atoms with E-state index in [9.17, 15) is 10.1 Å². The topological polar surface area (TPSA) is 82.8 Å². The molecule has 3 rings (SSSR count). The predicted octanol–water partition coefficient (Wildman–Crippen LogP) is 3.70. The van der Waals surface area contributed by atoms with Gasteiger partial charge in [0, 0.05) is 43.9 Å². The normalized spacial score (nSPS) is 20.0. The van der Waals surface area contributed by atoms with Gasteiger partial charge in [-0.25, -0.2) is 4.99 Å². The van der Waals surface area contributed by atoms with Crippen LogP contribution in [-0.4, -0.2) is 41.0 Å². The van der Waals surface area contributed by atoms with E-state index in [1.54, 1.807) is 12.1 Å². The molecule has 0 bridgehead atoms. The maximum absolute atomic E-state index is 11.0. The molecule has 0 spiro atoms. The lowest BCUT2D eigenvalue weighted by Crippen LogP contribution is -2.51. The Morgan fingerprint density at radius 3 is 2.67 bits per heavy atom. The number of hydrogen-bond donors (Lipinski definition) is 2. The molecule has 1 aliphatic heterocycles. The van der Waals surface area contributed by atoms with Crippen molar-refractivity contribution in [2.75, 3.05) is 13.1 Å². The summed E-state index contributed by atoms with van der Waals surface area (Å²) >= 11 is 0. The lowest BCUT2D eigenvalue weighted by Gasteiger charge is -2.38. The van der Waals surface area contributed by atoms with E-state index in [1.165, 1.54) is 11.6 Å². The standard InChI is InChI=1S/C23H31N5O2/c1-3-24-23(25-16-20-10-7-11-22(15-20)28(29)30)26-21-12-13-27(18(2)14-21)17-19-8-5-4-6-9-19/h4-11,15,18,21H,3,12-14,16-17H2,1-2H3,(H2,24,25,26). The maximum Gasteiger partial charge on any atom is 0.269 e. The highest BCUT2D eigenvalue weighted by Crippen LogP contribution is 2.20. The second-order valence-corrected chi connectivity index (χ2v) is 7.79. The van der Waals surface area contributed by atoms with Crippen LogP contribution in [0.2, 0.25) is 0 Å². The number of nitrogens with one attached hydrogen (secondary N) is 2. The molecule has 0 radical (unpaired) electrons. The molecule has 0 amide bonds. The monoisotopic (exact) mass is 409 g/mol. The van der Waals surface area contributed by atoms with Crippen molar-refractivity contribution in [1.29, 1.82) is 0 Å². The van der Waals surface area contributed by atoms with Gasteiger partial charge in [0.05, 0.1) is 11.5 Å². The van der Waals surface area contributed by atoms with Crippen LogP contribution in [0.5, 0.6) is 0 Å². The first-order chi connectivity index (χ1) is 14.5. The van der Waals surface area contributed by atoms with Gasteiger partial charge in [0.2, 0.25) is 0 Å². The third-order valence-electron chi connectivity index (χ3n) is 5.47. The molecule has 2 atom stereocenters. The van der Waals surface area contributed by atoms with Gasteiger partial charge in [-0.2, -0.15) is 0 Å². The first-order valence-corrected chi connectivity index (χ1v) is 10.6. The summed E-state index contributed by atoms with van der Waals surface area (Å²) in [6.07, 6.45) is 2.10. The Morgan fingerprint density at radius 2 is 1.97 bits per heavy atom. The minimum atomic E-state index is -0.374. The molecule has 1 heterocycles. The quantitative estimate of drug-likeness (QED) is 0.315. The molecule has 1 saturated heterocycles. The van der Waals surface area contributed by atoms with Gasteiger partial charge in [-0.3, -0.25) is 15.0 Å². The van der Waals surface area contributed by atoms with Gasteiger partial charge >= 0.3 is 0 Å². The molecule has 0 aromatic heterocycles. The van der Waals surface area contributed by atoms with E-state index in [2.05, 4.69) is 57.8 Å². The average molecular weight is 410 g/mol. The zero-order chi connectivity index (χ0) is 21.3. The average Bonchev–Trinajstić information content (AvgIpc) is 2.75. The zero-order valence-electron chi connectivity index (χ0n) is 17.8. The van der Waals surface area contributed by atoms with Crippen molar-refractivity contribution in [1.82, 2.24) is 15.5 Å². The SMILES string of the molecule is CCNC(=NCc1cccc([N+](=O)[O-])c1)NC1CCN(Cc2ccccc2)C(C)C1. The molecular formula is C23H31N5O2. The second kappa shape index (κ2) is 10.7. The summed E-state index contributed by atoms with van der Waals surface area (Å²) in [5.74, 6) is 0.762. The molecular weight excluding hydrogens is 378 g/mol. The van der Waals surface area contributed by atoms with Crippen molar-refractivity contribution in [3.05, 3.63) is 75.8 Å². The van der Waals surface area contributed by atoms with Gasteiger partial charge in [0.15, 0.2) is 5.96 Å². The van der Waals surface area contributed by atoms with Crippen LogP contribution in [0.1, 0.15) is 37.8 Å². The van der Waals surface area contributed by atoms with E-state index >= 15 is 0 Å². The summed E-state index contributed by atoms with van der Waals surface area (Å²) in [4.78, 5) is 17.8. The zero-order valence-corrected chi connectivity index (χ0v) is 17.8. The first-order valence-electron chi connectivity index (χ1n) is 10.6. The largest absolute Gasteiger partial charge is 0.357 e. The van der Waals surface area contributed by atoms with Crippen molar-refractivity contribution < 1.29 is 4.92 Å². The molecule has 2 aromatic carbocycles. The van der Waals surface area contributed by atoms with Gasteiger partial charge in [-0.1, -0.05) is 42.5 Å². The number of piperidine rings is 1. The van der Waals surface area contributed by atoms with Crippen molar-refractivity contribution in [2.24, 2.45) is 4.99 Å². The van der Waals surface area contributed by atoms with Gasteiger partial charge in [0.25, 0.3) is 5.69 Å². The first kappa shape index (κ1) is 21.8.